The molecule has 1 unspecified atom stereocenters. The number of methoxy groups -OCH3 is 2. The van der Waals surface area contributed by atoms with Gasteiger partial charge < -0.3 is 19.1 Å². The number of benzene rings is 3. The maximum atomic E-state index is 13.5. The van der Waals surface area contributed by atoms with Crippen LogP contribution >= 0.6 is 23.2 Å². The highest BCUT2D eigenvalue weighted by Gasteiger charge is 2.34. The van der Waals surface area contributed by atoms with Gasteiger partial charge in [0, 0.05) is 11.6 Å². The maximum absolute atomic E-state index is 13.5. The Kier molecular flexibility index (Phi) is 6.96. The van der Waals surface area contributed by atoms with Crippen LogP contribution in [-0.2, 0) is 6.42 Å². The first-order valence-electron chi connectivity index (χ1n) is 10.3. The zero-order valence-electron chi connectivity index (χ0n) is 18.1. The van der Waals surface area contributed by atoms with Crippen molar-refractivity contribution in [2.75, 3.05) is 27.4 Å². The van der Waals surface area contributed by atoms with Crippen LogP contribution in [-0.4, -0.2) is 38.2 Å². The molecule has 3 aromatic rings. The van der Waals surface area contributed by atoms with E-state index in [4.69, 9.17) is 37.4 Å². The fourth-order valence-electron chi connectivity index (χ4n) is 3.97. The monoisotopic (exact) mass is 489 g/mol. The van der Waals surface area contributed by atoms with E-state index in [1.165, 1.54) is 12.1 Å². The van der Waals surface area contributed by atoms with Gasteiger partial charge in [-0.25, -0.2) is 4.39 Å². The van der Waals surface area contributed by atoms with Crippen LogP contribution in [0.2, 0.25) is 10.0 Å². The van der Waals surface area contributed by atoms with Crippen molar-refractivity contribution in [2.24, 2.45) is 0 Å². The lowest BCUT2D eigenvalue weighted by Gasteiger charge is -2.38. The number of hydrogen-bond acceptors (Lipinski definition) is 4. The van der Waals surface area contributed by atoms with E-state index in [2.05, 4.69) is 0 Å². The van der Waals surface area contributed by atoms with Crippen LogP contribution in [0, 0.1) is 5.82 Å². The maximum Gasteiger partial charge on any atom is 0.256 e. The van der Waals surface area contributed by atoms with Gasteiger partial charge in [-0.3, -0.25) is 4.79 Å². The molecule has 4 rings (SSSR count). The summed E-state index contributed by atoms with van der Waals surface area (Å²) >= 11 is 12.3. The zero-order chi connectivity index (χ0) is 23.5. The number of carbonyl (C=O) groups is 1. The second-order valence-corrected chi connectivity index (χ2v) is 8.40. The summed E-state index contributed by atoms with van der Waals surface area (Å²) in [5, 5.41) is 0.734. The Hall–Kier alpha value is -2.96. The molecule has 172 valence electrons. The fraction of sp³-hybridized carbons (Fsp3) is 0.240. The zero-order valence-corrected chi connectivity index (χ0v) is 19.6. The Balaban J connectivity index is 1.72. The second-order valence-electron chi connectivity index (χ2n) is 7.56. The molecular formula is C25H22Cl2FNO4. The smallest absolute Gasteiger partial charge is 0.256 e. The first-order chi connectivity index (χ1) is 15.9. The van der Waals surface area contributed by atoms with E-state index < -0.39 is 6.04 Å². The van der Waals surface area contributed by atoms with Gasteiger partial charge in [-0.05, 0) is 72.1 Å². The molecule has 0 fully saturated rings. The van der Waals surface area contributed by atoms with Crippen LogP contribution in [0.25, 0.3) is 0 Å². The summed E-state index contributed by atoms with van der Waals surface area (Å²) in [5.74, 6) is 1.10. The van der Waals surface area contributed by atoms with Crippen molar-refractivity contribution in [3.63, 3.8) is 0 Å². The number of amides is 1. The van der Waals surface area contributed by atoms with E-state index in [-0.39, 0.29) is 23.4 Å². The molecule has 1 amide bonds. The van der Waals surface area contributed by atoms with Gasteiger partial charge >= 0.3 is 0 Å². The Morgan fingerprint density at radius 3 is 2.39 bits per heavy atom. The van der Waals surface area contributed by atoms with Crippen LogP contribution < -0.4 is 14.2 Å². The third-order valence-electron chi connectivity index (χ3n) is 5.65. The molecular weight excluding hydrogens is 468 g/mol. The van der Waals surface area contributed by atoms with E-state index in [1.54, 1.807) is 49.5 Å². The summed E-state index contributed by atoms with van der Waals surface area (Å²) < 4.78 is 30.2. The minimum Gasteiger partial charge on any atom is -0.493 e. The average Bonchev–Trinajstić information content (AvgIpc) is 2.82. The largest absolute Gasteiger partial charge is 0.493 e. The lowest BCUT2D eigenvalue weighted by molar-refractivity contribution is 0.0589. The number of nitrogens with zero attached hydrogens (tertiary/aromatic N) is 1. The van der Waals surface area contributed by atoms with Gasteiger partial charge in [0.2, 0.25) is 0 Å². The molecule has 0 bridgehead atoms. The Morgan fingerprint density at radius 1 is 1.03 bits per heavy atom. The second kappa shape index (κ2) is 9.89. The predicted molar refractivity (Wildman–Crippen MR) is 125 cm³/mol. The molecule has 3 aromatic carbocycles. The van der Waals surface area contributed by atoms with E-state index in [1.807, 2.05) is 12.1 Å². The van der Waals surface area contributed by atoms with Crippen molar-refractivity contribution in [1.29, 1.82) is 0 Å². The van der Waals surface area contributed by atoms with Gasteiger partial charge in [0.1, 0.15) is 18.2 Å². The highest BCUT2D eigenvalue weighted by Crippen LogP contribution is 2.39. The number of halogens is 3. The third kappa shape index (κ3) is 4.87. The molecule has 8 heteroatoms. The van der Waals surface area contributed by atoms with Gasteiger partial charge in [0.25, 0.3) is 5.91 Å². The van der Waals surface area contributed by atoms with E-state index >= 15 is 0 Å². The van der Waals surface area contributed by atoms with Gasteiger partial charge in [-0.15, -0.1) is 0 Å². The average molecular weight is 490 g/mol. The molecule has 0 spiro atoms. The third-order valence-corrected chi connectivity index (χ3v) is 6.19. The number of ether oxygens (including phenoxy) is 3. The highest BCUT2D eigenvalue weighted by atomic mass is 35.5. The summed E-state index contributed by atoms with van der Waals surface area (Å²) in [6, 6.07) is 13.9. The topological polar surface area (TPSA) is 48.0 Å². The molecule has 0 saturated carbocycles. The lowest BCUT2D eigenvalue weighted by atomic mass is 9.91. The molecule has 0 radical (unpaired) electrons. The van der Waals surface area contributed by atoms with Crippen LogP contribution in [0.15, 0.2) is 54.6 Å². The molecule has 1 heterocycles. The SMILES string of the molecule is COc1cc2c(cc1OC)C(COc1ccc(F)cc1)N(C(=O)c1ccc(Cl)cc1Cl)CC2. The fourth-order valence-corrected chi connectivity index (χ4v) is 4.46. The van der Waals surface area contributed by atoms with Gasteiger partial charge in [-0.2, -0.15) is 0 Å². The van der Waals surface area contributed by atoms with Gasteiger partial charge in [-0.1, -0.05) is 23.2 Å². The molecule has 0 aromatic heterocycles. The molecule has 0 saturated heterocycles. The molecule has 33 heavy (non-hydrogen) atoms. The lowest BCUT2D eigenvalue weighted by Crippen LogP contribution is -2.42. The van der Waals surface area contributed by atoms with E-state index in [0.29, 0.717) is 40.8 Å². The van der Waals surface area contributed by atoms with Crippen LogP contribution in [0.1, 0.15) is 27.5 Å². The molecule has 1 aliphatic rings. The molecule has 0 N–H and O–H groups in total. The Bertz CT molecular complexity index is 1170. The van der Waals surface area contributed by atoms with Crippen molar-refractivity contribution in [3.8, 4) is 17.2 Å². The summed E-state index contributed by atoms with van der Waals surface area (Å²) in [5.41, 5.74) is 2.28. The van der Waals surface area contributed by atoms with Gasteiger partial charge in [0.05, 0.1) is 30.8 Å². The molecule has 1 atom stereocenters. The summed E-state index contributed by atoms with van der Waals surface area (Å²) in [6.45, 7) is 0.614. The number of rotatable bonds is 6. The first-order valence-corrected chi connectivity index (χ1v) is 11.1. The quantitative estimate of drug-likeness (QED) is 0.428. The summed E-state index contributed by atoms with van der Waals surface area (Å²) in [6.07, 6.45) is 0.625. The Morgan fingerprint density at radius 2 is 1.73 bits per heavy atom. The highest BCUT2D eigenvalue weighted by molar-refractivity contribution is 6.36. The predicted octanol–water partition coefficient (Wildman–Crippen LogP) is 5.97. The molecule has 5 nitrogen and oxygen atoms in total. The molecule has 1 aliphatic heterocycles. The van der Waals surface area contributed by atoms with Crippen LogP contribution in [0.5, 0.6) is 17.2 Å². The van der Waals surface area contributed by atoms with Crippen LogP contribution in [0.3, 0.4) is 0 Å². The van der Waals surface area contributed by atoms with E-state index in [9.17, 15) is 9.18 Å². The minimum atomic E-state index is -0.433. The van der Waals surface area contributed by atoms with E-state index in [0.717, 1.165) is 11.1 Å². The van der Waals surface area contributed by atoms with Crippen LogP contribution in [0.4, 0.5) is 4.39 Å². The number of hydrogen-bond donors (Lipinski definition) is 0. The normalized spacial score (nSPS) is 15.1. The van der Waals surface area contributed by atoms with Gasteiger partial charge in [0.15, 0.2) is 11.5 Å². The van der Waals surface area contributed by atoms with Crippen molar-refractivity contribution in [1.82, 2.24) is 4.90 Å². The Labute approximate surface area is 201 Å². The number of carbonyl (C=O) groups excluding carboxylic acids is 1. The minimum absolute atomic E-state index is 0.158. The molecule has 0 aliphatic carbocycles. The summed E-state index contributed by atoms with van der Waals surface area (Å²) in [7, 11) is 3.15. The van der Waals surface area contributed by atoms with Crippen molar-refractivity contribution in [2.45, 2.75) is 12.5 Å². The number of fused-ring (bicyclic) bond motifs is 1. The first kappa shape index (κ1) is 23.2. The standard InChI is InChI=1S/C25H22Cl2FNO4/c1-31-23-11-15-9-10-29(25(30)19-8-3-16(26)12-21(19)27)22(20(15)13-24(23)32-2)14-33-18-6-4-17(28)5-7-18/h3-8,11-13,22H,9-10,14H2,1-2H3. The van der Waals surface area contributed by atoms with Crippen molar-refractivity contribution < 1.29 is 23.4 Å². The van der Waals surface area contributed by atoms with Crippen molar-refractivity contribution >= 4 is 29.1 Å². The summed E-state index contributed by atoms with van der Waals surface area (Å²) in [4.78, 5) is 15.3. The van der Waals surface area contributed by atoms with Crippen molar-refractivity contribution in [3.05, 3.63) is 87.2 Å².